The van der Waals surface area contributed by atoms with Crippen LogP contribution >= 0.6 is 38.9 Å². The third-order valence-corrected chi connectivity index (χ3v) is 5.70. The molecule has 0 atom stereocenters. The predicted molar refractivity (Wildman–Crippen MR) is 96.3 cm³/mol. The topological polar surface area (TPSA) is 43.8 Å². The molecule has 2 aromatic rings. The first kappa shape index (κ1) is 16.8. The van der Waals surface area contributed by atoms with Crippen LogP contribution in [0.5, 0.6) is 5.75 Å². The first-order valence-corrected chi connectivity index (χ1v) is 9.26. The van der Waals surface area contributed by atoms with Crippen LogP contribution in [0.4, 0.5) is 0 Å². The van der Waals surface area contributed by atoms with Crippen LogP contribution in [0.25, 0.3) is 0 Å². The zero-order chi connectivity index (χ0) is 16.4. The standard InChI is InChI=1S/C16H16BrClN2O2S/c17-15-4-2-12(23-15)10-19-5-7-20(8-6-19)16(22)13-9-11(18)1-3-14(13)21/h1-4,9,21H,5-8,10H2. The summed E-state index contributed by atoms with van der Waals surface area (Å²) >= 11 is 11.1. The van der Waals surface area contributed by atoms with E-state index in [0.717, 1.165) is 23.4 Å². The van der Waals surface area contributed by atoms with Crippen molar-refractivity contribution in [3.05, 3.63) is 49.6 Å². The molecule has 0 aliphatic carbocycles. The number of hydrogen-bond donors (Lipinski definition) is 1. The van der Waals surface area contributed by atoms with Crippen molar-refractivity contribution < 1.29 is 9.90 Å². The molecule has 4 nitrogen and oxygen atoms in total. The number of hydrogen-bond acceptors (Lipinski definition) is 4. The molecule has 23 heavy (non-hydrogen) atoms. The van der Waals surface area contributed by atoms with Crippen LogP contribution in [-0.4, -0.2) is 47.0 Å². The Hall–Kier alpha value is -1.08. The molecule has 1 aromatic heterocycles. The number of piperazine rings is 1. The summed E-state index contributed by atoms with van der Waals surface area (Å²) in [6, 6.07) is 8.73. The number of carbonyl (C=O) groups is 1. The maximum Gasteiger partial charge on any atom is 0.257 e. The summed E-state index contributed by atoms with van der Waals surface area (Å²) in [5.41, 5.74) is 0.271. The van der Waals surface area contributed by atoms with E-state index in [1.54, 1.807) is 22.3 Å². The Labute approximate surface area is 152 Å². The average molecular weight is 416 g/mol. The molecule has 0 radical (unpaired) electrons. The van der Waals surface area contributed by atoms with Gasteiger partial charge in [-0.05, 0) is 46.3 Å². The molecule has 3 rings (SSSR count). The van der Waals surface area contributed by atoms with E-state index in [0.29, 0.717) is 18.1 Å². The largest absolute Gasteiger partial charge is 0.507 e. The SMILES string of the molecule is O=C(c1cc(Cl)ccc1O)N1CCN(Cc2ccc(Br)s2)CC1. The fourth-order valence-corrected chi connectivity index (χ4v) is 4.31. The molecule has 1 saturated heterocycles. The van der Waals surface area contributed by atoms with Gasteiger partial charge in [0, 0.05) is 42.6 Å². The van der Waals surface area contributed by atoms with Gasteiger partial charge in [-0.15, -0.1) is 11.3 Å². The molecule has 2 heterocycles. The number of phenols is 1. The van der Waals surface area contributed by atoms with E-state index in [1.807, 2.05) is 0 Å². The van der Waals surface area contributed by atoms with E-state index in [1.165, 1.54) is 17.0 Å². The van der Waals surface area contributed by atoms with Gasteiger partial charge in [-0.3, -0.25) is 9.69 Å². The van der Waals surface area contributed by atoms with Crippen molar-refractivity contribution in [3.63, 3.8) is 0 Å². The number of amides is 1. The Kier molecular flexibility index (Phi) is 5.26. The second kappa shape index (κ2) is 7.21. The molecular weight excluding hydrogens is 400 g/mol. The molecule has 1 aliphatic rings. The van der Waals surface area contributed by atoms with E-state index in [-0.39, 0.29) is 17.2 Å². The molecule has 7 heteroatoms. The van der Waals surface area contributed by atoms with E-state index in [4.69, 9.17) is 11.6 Å². The number of thiophene rings is 1. The highest BCUT2D eigenvalue weighted by molar-refractivity contribution is 9.11. The zero-order valence-electron chi connectivity index (χ0n) is 12.3. The molecule has 1 N–H and O–H groups in total. The summed E-state index contributed by atoms with van der Waals surface area (Å²) < 4.78 is 1.14. The molecule has 0 saturated carbocycles. The lowest BCUT2D eigenvalue weighted by molar-refractivity contribution is 0.0627. The summed E-state index contributed by atoms with van der Waals surface area (Å²) in [5.74, 6) is -0.186. The number of nitrogens with zero attached hydrogens (tertiary/aromatic N) is 2. The lowest BCUT2D eigenvalue weighted by atomic mass is 10.1. The number of halogens is 2. The molecule has 0 bridgehead atoms. The number of phenolic OH excluding ortho intramolecular Hbond substituents is 1. The predicted octanol–water partition coefficient (Wildman–Crippen LogP) is 3.83. The van der Waals surface area contributed by atoms with Crippen LogP contribution < -0.4 is 0 Å². The average Bonchev–Trinajstić information content (AvgIpc) is 2.95. The third kappa shape index (κ3) is 4.07. The molecular formula is C16H16BrClN2O2S. The lowest BCUT2D eigenvalue weighted by Gasteiger charge is -2.34. The molecule has 122 valence electrons. The fraction of sp³-hybridized carbons (Fsp3) is 0.312. The van der Waals surface area contributed by atoms with Gasteiger partial charge < -0.3 is 10.0 Å². The quantitative estimate of drug-likeness (QED) is 0.828. The van der Waals surface area contributed by atoms with Crippen LogP contribution in [0.3, 0.4) is 0 Å². The number of rotatable bonds is 3. The minimum Gasteiger partial charge on any atom is -0.507 e. The van der Waals surface area contributed by atoms with Crippen LogP contribution in [0.1, 0.15) is 15.2 Å². The van der Waals surface area contributed by atoms with Gasteiger partial charge in [-0.2, -0.15) is 0 Å². The van der Waals surface area contributed by atoms with Crippen LogP contribution in [0.15, 0.2) is 34.1 Å². The lowest BCUT2D eigenvalue weighted by Crippen LogP contribution is -2.48. The highest BCUT2D eigenvalue weighted by Gasteiger charge is 2.24. The van der Waals surface area contributed by atoms with Gasteiger partial charge in [-0.25, -0.2) is 0 Å². The van der Waals surface area contributed by atoms with Crippen molar-refractivity contribution in [3.8, 4) is 5.75 Å². The second-order valence-corrected chi connectivity index (χ2v) is 8.42. The van der Waals surface area contributed by atoms with E-state index in [9.17, 15) is 9.90 Å². The van der Waals surface area contributed by atoms with Crippen molar-refractivity contribution in [2.24, 2.45) is 0 Å². The van der Waals surface area contributed by atoms with Crippen molar-refractivity contribution in [1.29, 1.82) is 0 Å². The van der Waals surface area contributed by atoms with Gasteiger partial charge in [0.05, 0.1) is 9.35 Å². The monoisotopic (exact) mass is 414 g/mol. The minimum atomic E-state index is -0.163. The van der Waals surface area contributed by atoms with Crippen LogP contribution in [0.2, 0.25) is 5.02 Å². The van der Waals surface area contributed by atoms with Gasteiger partial charge >= 0.3 is 0 Å². The first-order valence-electron chi connectivity index (χ1n) is 7.27. The summed E-state index contributed by atoms with van der Waals surface area (Å²) in [6.45, 7) is 3.85. The van der Waals surface area contributed by atoms with Gasteiger partial charge in [0.25, 0.3) is 5.91 Å². The zero-order valence-corrected chi connectivity index (χ0v) is 15.5. The summed E-state index contributed by atoms with van der Waals surface area (Å²) in [5, 5.41) is 10.3. The molecule has 0 spiro atoms. The Balaban J connectivity index is 1.60. The smallest absolute Gasteiger partial charge is 0.257 e. The van der Waals surface area contributed by atoms with E-state index in [2.05, 4.69) is 33.0 Å². The normalized spacial score (nSPS) is 15.8. The Morgan fingerprint density at radius 1 is 1.22 bits per heavy atom. The third-order valence-electron chi connectivity index (χ3n) is 3.86. The maximum absolute atomic E-state index is 12.5. The Morgan fingerprint density at radius 2 is 1.96 bits per heavy atom. The molecule has 1 aromatic carbocycles. The van der Waals surface area contributed by atoms with Crippen molar-refractivity contribution in [1.82, 2.24) is 9.80 Å². The van der Waals surface area contributed by atoms with Gasteiger partial charge in [-0.1, -0.05) is 11.6 Å². The highest BCUT2D eigenvalue weighted by atomic mass is 79.9. The summed E-state index contributed by atoms with van der Waals surface area (Å²) in [4.78, 5) is 17.9. The summed E-state index contributed by atoms with van der Waals surface area (Å²) in [7, 11) is 0. The van der Waals surface area contributed by atoms with E-state index >= 15 is 0 Å². The first-order chi connectivity index (χ1) is 11.0. The second-order valence-electron chi connectivity index (χ2n) is 5.44. The Morgan fingerprint density at radius 3 is 2.61 bits per heavy atom. The molecule has 1 aliphatic heterocycles. The molecule has 1 amide bonds. The fourth-order valence-electron chi connectivity index (χ4n) is 2.62. The van der Waals surface area contributed by atoms with Crippen molar-refractivity contribution in [2.75, 3.05) is 26.2 Å². The summed E-state index contributed by atoms with van der Waals surface area (Å²) in [6.07, 6.45) is 0. The van der Waals surface area contributed by atoms with Crippen LogP contribution in [-0.2, 0) is 6.54 Å². The van der Waals surface area contributed by atoms with Crippen molar-refractivity contribution in [2.45, 2.75) is 6.54 Å². The Bertz CT molecular complexity index is 714. The van der Waals surface area contributed by atoms with Gasteiger partial charge in [0.2, 0.25) is 0 Å². The number of aromatic hydroxyl groups is 1. The highest BCUT2D eigenvalue weighted by Crippen LogP contribution is 2.25. The number of carbonyl (C=O) groups excluding carboxylic acids is 1. The molecule has 0 unspecified atom stereocenters. The number of benzene rings is 1. The van der Waals surface area contributed by atoms with Crippen molar-refractivity contribution >= 4 is 44.8 Å². The van der Waals surface area contributed by atoms with Gasteiger partial charge in [0.15, 0.2) is 0 Å². The molecule has 1 fully saturated rings. The minimum absolute atomic E-state index is 0.0229. The van der Waals surface area contributed by atoms with Gasteiger partial charge in [0.1, 0.15) is 5.75 Å². The van der Waals surface area contributed by atoms with E-state index < -0.39 is 0 Å². The maximum atomic E-state index is 12.5. The van der Waals surface area contributed by atoms with Crippen LogP contribution in [0, 0.1) is 0 Å².